The summed E-state index contributed by atoms with van der Waals surface area (Å²) >= 11 is 5.50. The Hall–Kier alpha value is -1.63. The second-order valence-corrected chi connectivity index (χ2v) is 6.88. The van der Waals surface area contributed by atoms with Gasteiger partial charge in [0.1, 0.15) is 0 Å². The van der Waals surface area contributed by atoms with Crippen molar-refractivity contribution >= 4 is 21.6 Å². The number of halogens is 1. The Kier molecular flexibility index (Phi) is 5.17. The SMILES string of the molecule is C=C(Cl)CS(=O)(=O)NCCc1ccc(-n2cccn2)cc1. The Morgan fingerprint density at radius 1 is 1.33 bits per heavy atom. The first-order valence-corrected chi connectivity index (χ1v) is 8.39. The maximum absolute atomic E-state index is 11.6. The van der Waals surface area contributed by atoms with Crippen molar-refractivity contribution in [2.75, 3.05) is 12.3 Å². The highest BCUT2D eigenvalue weighted by Gasteiger charge is 2.10. The van der Waals surface area contributed by atoms with Crippen LogP contribution in [0.2, 0.25) is 0 Å². The van der Waals surface area contributed by atoms with Gasteiger partial charge < -0.3 is 0 Å². The van der Waals surface area contributed by atoms with Crippen molar-refractivity contribution in [2.24, 2.45) is 0 Å². The fourth-order valence-corrected chi connectivity index (χ4v) is 3.20. The van der Waals surface area contributed by atoms with Crippen LogP contribution in [0.5, 0.6) is 0 Å². The Balaban J connectivity index is 1.88. The molecule has 5 nitrogen and oxygen atoms in total. The van der Waals surface area contributed by atoms with E-state index in [2.05, 4.69) is 16.4 Å². The summed E-state index contributed by atoms with van der Waals surface area (Å²) in [5.41, 5.74) is 2.00. The van der Waals surface area contributed by atoms with Crippen LogP contribution in [0.15, 0.2) is 54.3 Å². The summed E-state index contributed by atoms with van der Waals surface area (Å²) in [7, 11) is -3.39. The number of aromatic nitrogens is 2. The standard InChI is InChI=1S/C14H16ClN3O2S/c1-12(15)11-21(19,20)17-9-7-13-3-5-14(6-4-13)18-10-2-8-16-18/h2-6,8,10,17H,1,7,9,11H2. The average Bonchev–Trinajstić information content (AvgIpc) is 2.91. The van der Waals surface area contributed by atoms with Gasteiger partial charge in [-0.25, -0.2) is 17.8 Å². The maximum Gasteiger partial charge on any atom is 0.216 e. The minimum absolute atomic E-state index is 0.103. The molecule has 0 aliphatic carbocycles. The highest BCUT2D eigenvalue weighted by molar-refractivity contribution is 7.89. The lowest BCUT2D eigenvalue weighted by atomic mass is 10.1. The van der Waals surface area contributed by atoms with E-state index in [1.807, 2.05) is 36.5 Å². The number of benzene rings is 1. The normalized spacial score (nSPS) is 11.5. The molecule has 21 heavy (non-hydrogen) atoms. The molecule has 0 aliphatic rings. The number of nitrogens with zero attached hydrogens (tertiary/aromatic N) is 2. The van der Waals surface area contributed by atoms with Crippen molar-refractivity contribution in [2.45, 2.75) is 6.42 Å². The molecule has 112 valence electrons. The fraction of sp³-hybridized carbons (Fsp3) is 0.214. The van der Waals surface area contributed by atoms with Gasteiger partial charge in [-0.15, -0.1) is 0 Å². The second kappa shape index (κ2) is 6.89. The molecule has 0 spiro atoms. The molecule has 1 heterocycles. The molecule has 0 saturated carbocycles. The van der Waals surface area contributed by atoms with Gasteiger partial charge in [-0.3, -0.25) is 0 Å². The molecule has 0 unspecified atom stereocenters. The van der Waals surface area contributed by atoms with Crippen LogP contribution in [0.4, 0.5) is 0 Å². The van der Waals surface area contributed by atoms with Crippen molar-refractivity contribution in [3.05, 3.63) is 59.9 Å². The van der Waals surface area contributed by atoms with Crippen molar-refractivity contribution in [1.82, 2.24) is 14.5 Å². The van der Waals surface area contributed by atoms with Gasteiger partial charge in [-0.2, -0.15) is 5.10 Å². The summed E-state index contributed by atoms with van der Waals surface area (Å²) < 4.78 is 27.4. The Morgan fingerprint density at radius 2 is 2.05 bits per heavy atom. The minimum Gasteiger partial charge on any atom is -0.241 e. The second-order valence-electron chi connectivity index (χ2n) is 4.54. The van der Waals surface area contributed by atoms with Crippen LogP contribution < -0.4 is 4.72 Å². The first-order valence-electron chi connectivity index (χ1n) is 6.36. The molecule has 7 heteroatoms. The van der Waals surface area contributed by atoms with Gasteiger partial charge >= 0.3 is 0 Å². The summed E-state index contributed by atoms with van der Waals surface area (Å²) in [6, 6.07) is 9.64. The van der Waals surface area contributed by atoms with Crippen molar-refractivity contribution in [1.29, 1.82) is 0 Å². The maximum atomic E-state index is 11.6. The van der Waals surface area contributed by atoms with Crippen LogP contribution in [0.1, 0.15) is 5.56 Å². The number of nitrogens with one attached hydrogen (secondary N) is 1. The van der Waals surface area contributed by atoms with E-state index in [1.165, 1.54) is 0 Å². The van der Waals surface area contributed by atoms with Crippen LogP contribution in [0.25, 0.3) is 5.69 Å². The van der Waals surface area contributed by atoms with Crippen molar-refractivity contribution in [3.8, 4) is 5.69 Å². The molecule has 0 radical (unpaired) electrons. The largest absolute Gasteiger partial charge is 0.241 e. The summed E-state index contributed by atoms with van der Waals surface area (Å²) in [5.74, 6) is -0.257. The van der Waals surface area contributed by atoms with Gasteiger partial charge in [0.25, 0.3) is 0 Å². The van der Waals surface area contributed by atoms with Crippen LogP contribution in [0, 0.1) is 0 Å². The topological polar surface area (TPSA) is 64.0 Å². The Bertz CT molecular complexity index is 694. The quantitative estimate of drug-likeness (QED) is 0.847. The lowest BCUT2D eigenvalue weighted by Crippen LogP contribution is -2.28. The Morgan fingerprint density at radius 3 is 2.62 bits per heavy atom. The van der Waals surface area contributed by atoms with Gasteiger partial charge in [0.05, 0.1) is 11.4 Å². The first-order chi connectivity index (χ1) is 9.96. The van der Waals surface area contributed by atoms with E-state index >= 15 is 0 Å². The van der Waals surface area contributed by atoms with Crippen LogP contribution in [-0.2, 0) is 16.4 Å². The molecular formula is C14H16ClN3O2S. The summed E-state index contributed by atoms with van der Waals surface area (Å²) in [5, 5.41) is 4.25. The Labute approximate surface area is 129 Å². The lowest BCUT2D eigenvalue weighted by molar-refractivity contribution is 0.584. The number of sulfonamides is 1. The van der Waals surface area contributed by atoms with Gasteiger partial charge in [0.15, 0.2) is 0 Å². The highest BCUT2D eigenvalue weighted by Crippen LogP contribution is 2.09. The van der Waals surface area contributed by atoms with E-state index in [0.717, 1.165) is 11.3 Å². The number of hydrogen-bond donors (Lipinski definition) is 1. The molecular weight excluding hydrogens is 310 g/mol. The highest BCUT2D eigenvalue weighted by atomic mass is 35.5. The molecule has 1 N–H and O–H groups in total. The summed E-state index contributed by atoms with van der Waals surface area (Å²) in [4.78, 5) is 0. The van der Waals surface area contributed by atoms with Gasteiger partial charge in [-0.1, -0.05) is 30.3 Å². The predicted molar refractivity (Wildman–Crippen MR) is 84.1 cm³/mol. The zero-order valence-electron chi connectivity index (χ0n) is 11.4. The molecule has 0 fully saturated rings. The van der Waals surface area contributed by atoms with Crippen LogP contribution >= 0.6 is 11.6 Å². The fourth-order valence-electron chi connectivity index (χ4n) is 1.84. The molecule has 1 aromatic carbocycles. The molecule has 2 aromatic rings. The molecule has 1 aromatic heterocycles. The summed E-state index contributed by atoms with van der Waals surface area (Å²) in [6.45, 7) is 3.71. The van der Waals surface area contributed by atoms with E-state index < -0.39 is 10.0 Å². The third kappa shape index (κ3) is 5.00. The van der Waals surface area contributed by atoms with E-state index in [0.29, 0.717) is 13.0 Å². The molecule has 2 rings (SSSR count). The third-order valence-electron chi connectivity index (χ3n) is 2.79. The third-order valence-corrected chi connectivity index (χ3v) is 4.45. The van der Waals surface area contributed by atoms with Crippen molar-refractivity contribution < 1.29 is 8.42 Å². The van der Waals surface area contributed by atoms with Crippen molar-refractivity contribution in [3.63, 3.8) is 0 Å². The van der Waals surface area contributed by atoms with Crippen LogP contribution in [-0.4, -0.2) is 30.5 Å². The zero-order valence-corrected chi connectivity index (χ0v) is 12.9. The van der Waals surface area contributed by atoms with Crippen LogP contribution in [0.3, 0.4) is 0 Å². The monoisotopic (exact) mass is 325 g/mol. The van der Waals surface area contributed by atoms with Gasteiger partial charge in [0.2, 0.25) is 10.0 Å². The number of hydrogen-bond acceptors (Lipinski definition) is 3. The van der Waals surface area contributed by atoms with E-state index in [9.17, 15) is 8.42 Å². The average molecular weight is 326 g/mol. The first kappa shape index (κ1) is 15.8. The molecule has 0 saturated heterocycles. The lowest BCUT2D eigenvalue weighted by Gasteiger charge is -2.07. The molecule has 0 amide bonds. The zero-order chi connectivity index (χ0) is 15.3. The van der Waals surface area contributed by atoms with E-state index in [-0.39, 0.29) is 10.8 Å². The van der Waals surface area contributed by atoms with Gasteiger partial charge in [0, 0.05) is 24.0 Å². The predicted octanol–water partition coefficient (Wildman–Crippen LogP) is 2.09. The molecule has 0 atom stereocenters. The smallest absolute Gasteiger partial charge is 0.216 e. The van der Waals surface area contributed by atoms with E-state index in [4.69, 9.17) is 11.6 Å². The summed E-state index contributed by atoms with van der Waals surface area (Å²) in [6.07, 6.45) is 4.18. The van der Waals surface area contributed by atoms with Gasteiger partial charge in [-0.05, 0) is 30.2 Å². The molecule has 0 bridgehead atoms. The minimum atomic E-state index is -3.39. The van der Waals surface area contributed by atoms with E-state index in [1.54, 1.807) is 10.9 Å². The number of rotatable bonds is 7. The molecule has 0 aliphatic heterocycles.